The summed E-state index contributed by atoms with van der Waals surface area (Å²) in [6, 6.07) is 4.68. The maximum Gasteiger partial charge on any atom is 0.229 e. The highest BCUT2D eigenvalue weighted by Gasteiger charge is 2.23. The number of methoxy groups -OCH3 is 1. The maximum absolute atomic E-state index is 13.7. The third-order valence-electron chi connectivity index (χ3n) is 3.47. The van der Waals surface area contributed by atoms with Crippen LogP contribution in [0.5, 0.6) is 5.75 Å². The molecule has 1 saturated heterocycles. The number of nitrogens with one attached hydrogen (secondary N) is 1. The Bertz CT molecular complexity index is 459. The van der Waals surface area contributed by atoms with E-state index >= 15 is 0 Å². The largest absolute Gasteiger partial charge is 0.494 e. The van der Waals surface area contributed by atoms with Crippen molar-refractivity contribution < 1.29 is 13.9 Å². The van der Waals surface area contributed by atoms with Gasteiger partial charge in [0.05, 0.1) is 13.0 Å². The molecule has 1 heterocycles. The molecule has 0 spiro atoms. The van der Waals surface area contributed by atoms with Crippen molar-refractivity contribution in [3.05, 3.63) is 29.6 Å². The van der Waals surface area contributed by atoms with Crippen molar-refractivity contribution in [1.82, 2.24) is 10.2 Å². The fourth-order valence-electron chi connectivity index (χ4n) is 2.25. The van der Waals surface area contributed by atoms with E-state index in [1.807, 2.05) is 11.8 Å². The molecule has 0 saturated carbocycles. The minimum Gasteiger partial charge on any atom is -0.494 e. The van der Waals surface area contributed by atoms with Crippen LogP contribution in [0.1, 0.15) is 18.4 Å². The Morgan fingerprint density at radius 3 is 2.68 bits per heavy atom. The first kappa shape index (κ1) is 13.8. The zero-order valence-corrected chi connectivity index (χ0v) is 11.3. The van der Waals surface area contributed by atoms with Crippen molar-refractivity contribution in [3.63, 3.8) is 0 Å². The highest BCUT2D eigenvalue weighted by Crippen LogP contribution is 2.24. The lowest BCUT2D eigenvalue weighted by Gasteiger charge is -2.30. The van der Waals surface area contributed by atoms with Crippen LogP contribution in [0, 0.1) is 5.82 Å². The van der Waals surface area contributed by atoms with Crippen molar-refractivity contribution in [2.45, 2.75) is 12.8 Å². The van der Waals surface area contributed by atoms with Crippen LogP contribution in [0.25, 0.3) is 0 Å². The summed E-state index contributed by atoms with van der Waals surface area (Å²) in [5.41, 5.74) is 0.682. The smallest absolute Gasteiger partial charge is 0.229 e. The Hall–Kier alpha value is -1.62. The second kappa shape index (κ2) is 6.02. The van der Waals surface area contributed by atoms with Crippen molar-refractivity contribution in [3.8, 4) is 5.75 Å². The number of benzene rings is 1. The molecule has 0 aliphatic carbocycles. The monoisotopic (exact) mass is 266 g/mol. The summed E-state index contributed by atoms with van der Waals surface area (Å²) in [4.78, 5) is 14.1. The quantitative estimate of drug-likeness (QED) is 0.898. The van der Waals surface area contributed by atoms with Crippen LogP contribution < -0.4 is 10.1 Å². The molecule has 104 valence electrons. The molecular weight excluding hydrogens is 247 g/mol. The van der Waals surface area contributed by atoms with E-state index in [2.05, 4.69) is 5.32 Å². The van der Waals surface area contributed by atoms with Gasteiger partial charge in [-0.3, -0.25) is 4.79 Å². The maximum atomic E-state index is 13.7. The van der Waals surface area contributed by atoms with Crippen LogP contribution >= 0.6 is 0 Å². The molecule has 1 amide bonds. The van der Waals surface area contributed by atoms with E-state index in [4.69, 9.17) is 4.74 Å². The zero-order chi connectivity index (χ0) is 13.8. The molecule has 0 aromatic heterocycles. The summed E-state index contributed by atoms with van der Waals surface area (Å²) < 4.78 is 18.5. The summed E-state index contributed by atoms with van der Waals surface area (Å²) >= 11 is 0. The van der Waals surface area contributed by atoms with Crippen molar-refractivity contribution >= 4 is 5.91 Å². The molecule has 19 heavy (non-hydrogen) atoms. The number of carbonyl (C=O) groups excluding carboxylic acids is 1. The van der Waals surface area contributed by atoms with Crippen LogP contribution in [0.3, 0.4) is 0 Å². The Labute approximate surface area is 112 Å². The van der Waals surface area contributed by atoms with Gasteiger partial charge < -0.3 is 15.0 Å². The van der Waals surface area contributed by atoms with Crippen LogP contribution in [-0.2, 0) is 4.79 Å². The van der Waals surface area contributed by atoms with Gasteiger partial charge in [-0.25, -0.2) is 4.39 Å². The normalized spacial score (nSPS) is 17.1. The first-order valence-electron chi connectivity index (χ1n) is 6.46. The molecule has 1 aliphatic rings. The van der Waals surface area contributed by atoms with Crippen molar-refractivity contribution in [1.29, 1.82) is 0 Å². The van der Waals surface area contributed by atoms with Gasteiger partial charge in [0.1, 0.15) is 0 Å². The third kappa shape index (κ3) is 3.04. The average Bonchev–Trinajstić information content (AvgIpc) is 2.46. The Balaban J connectivity index is 2.11. The molecule has 0 bridgehead atoms. The fourth-order valence-corrected chi connectivity index (χ4v) is 2.25. The lowest BCUT2D eigenvalue weighted by Crippen LogP contribution is -2.47. The number of rotatable bonds is 3. The SMILES string of the molecule is COc1ccc(C(C)C(=O)N2CCNCC2)cc1F. The van der Waals surface area contributed by atoms with Crippen LogP contribution in [0.15, 0.2) is 18.2 Å². The van der Waals surface area contributed by atoms with E-state index in [9.17, 15) is 9.18 Å². The molecule has 0 radical (unpaired) electrons. The number of ether oxygens (including phenoxy) is 1. The topological polar surface area (TPSA) is 41.6 Å². The number of hydrogen-bond donors (Lipinski definition) is 1. The van der Waals surface area contributed by atoms with Gasteiger partial charge in [-0.05, 0) is 24.6 Å². The first-order chi connectivity index (χ1) is 9.13. The molecule has 1 fully saturated rings. The fraction of sp³-hybridized carbons (Fsp3) is 0.500. The van der Waals surface area contributed by atoms with E-state index < -0.39 is 5.82 Å². The van der Waals surface area contributed by atoms with Gasteiger partial charge in [0, 0.05) is 26.2 Å². The Morgan fingerprint density at radius 1 is 1.42 bits per heavy atom. The number of piperazine rings is 1. The van der Waals surface area contributed by atoms with Gasteiger partial charge in [0.2, 0.25) is 5.91 Å². The standard InChI is InChI=1S/C14H19FN2O2/c1-10(14(18)17-7-5-16-6-8-17)11-3-4-13(19-2)12(15)9-11/h3-4,9-10,16H,5-8H2,1-2H3. The minimum absolute atomic E-state index is 0.0473. The van der Waals surface area contributed by atoms with E-state index in [1.54, 1.807) is 12.1 Å². The van der Waals surface area contributed by atoms with Gasteiger partial charge in [0.15, 0.2) is 11.6 Å². The summed E-state index contributed by atoms with van der Waals surface area (Å²) in [5.74, 6) is -0.518. The highest BCUT2D eigenvalue weighted by atomic mass is 19.1. The van der Waals surface area contributed by atoms with Crippen LogP contribution in [0.2, 0.25) is 0 Å². The Kier molecular flexibility index (Phi) is 4.37. The molecule has 1 atom stereocenters. The number of amides is 1. The summed E-state index contributed by atoms with van der Waals surface area (Å²) in [6.07, 6.45) is 0. The Morgan fingerprint density at radius 2 is 2.11 bits per heavy atom. The van der Waals surface area contributed by atoms with Crippen LogP contribution in [-0.4, -0.2) is 44.1 Å². The number of carbonyl (C=O) groups is 1. The van der Waals surface area contributed by atoms with E-state index in [-0.39, 0.29) is 17.6 Å². The second-order valence-electron chi connectivity index (χ2n) is 4.69. The lowest BCUT2D eigenvalue weighted by atomic mass is 9.99. The number of nitrogens with zero attached hydrogens (tertiary/aromatic N) is 1. The van der Waals surface area contributed by atoms with Gasteiger partial charge >= 0.3 is 0 Å². The minimum atomic E-state index is -0.431. The molecular formula is C14H19FN2O2. The predicted octanol–water partition coefficient (Wildman–Crippen LogP) is 1.37. The van der Waals surface area contributed by atoms with Gasteiger partial charge in [-0.1, -0.05) is 6.07 Å². The molecule has 2 rings (SSSR count). The van der Waals surface area contributed by atoms with E-state index in [0.717, 1.165) is 13.1 Å². The highest BCUT2D eigenvalue weighted by molar-refractivity contribution is 5.83. The van der Waals surface area contributed by atoms with Crippen molar-refractivity contribution in [2.24, 2.45) is 0 Å². The lowest BCUT2D eigenvalue weighted by molar-refractivity contribution is -0.133. The van der Waals surface area contributed by atoms with Gasteiger partial charge in [-0.15, -0.1) is 0 Å². The van der Waals surface area contributed by atoms with Gasteiger partial charge in [-0.2, -0.15) is 0 Å². The van der Waals surface area contributed by atoms with Gasteiger partial charge in [0.25, 0.3) is 0 Å². The molecule has 1 aromatic rings. The van der Waals surface area contributed by atoms with E-state index in [0.29, 0.717) is 18.7 Å². The second-order valence-corrected chi connectivity index (χ2v) is 4.69. The average molecular weight is 266 g/mol. The number of hydrogen-bond acceptors (Lipinski definition) is 3. The molecule has 1 unspecified atom stereocenters. The predicted molar refractivity (Wildman–Crippen MR) is 70.8 cm³/mol. The van der Waals surface area contributed by atoms with Crippen molar-refractivity contribution in [2.75, 3.05) is 33.3 Å². The van der Waals surface area contributed by atoms with Crippen LogP contribution in [0.4, 0.5) is 4.39 Å². The first-order valence-corrected chi connectivity index (χ1v) is 6.46. The molecule has 1 N–H and O–H groups in total. The molecule has 4 nitrogen and oxygen atoms in total. The molecule has 1 aliphatic heterocycles. The number of halogens is 1. The zero-order valence-electron chi connectivity index (χ0n) is 11.3. The van der Waals surface area contributed by atoms with E-state index in [1.165, 1.54) is 13.2 Å². The molecule has 1 aromatic carbocycles. The molecule has 5 heteroatoms. The summed E-state index contributed by atoms with van der Waals surface area (Å²) in [7, 11) is 1.42. The third-order valence-corrected chi connectivity index (χ3v) is 3.47. The summed E-state index contributed by atoms with van der Waals surface area (Å²) in [6.45, 7) is 4.86. The summed E-state index contributed by atoms with van der Waals surface area (Å²) in [5, 5.41) is 3.20.